The summed E-state index contributed by atoms with van der Waals surface area (Å²) in [6.45, 7) is 0.310. The molecule has 122 valence electrons. The number of benzene rings is 1. The lowest BCUT2D eigenvalue weighted by Gasteiger charge is -2.05. The van der Waals surface area contributed by atoms with Crippen LogP contribution in [-0.4, -0.2) is 28.1 Å². The van der Waals surface area contributed by atoms with Crippen LogP contribution in [0.2, 0.25) is 0 Å². The van der Waals surface area contributed by atoms with Gasteiger partial charge in [-0.25, -0.2) is 4.68 Å². The van der Waals surface area contributed by atoms with Crippen LogP contribution in [0, 0.1) is 0 Å². The van der Waals surface area contributed by atoms with Gasteiger partial charge in [0.1, 0.15) is 0 Å². The largest absolute Gasteiger partial charge is 0.350 e. The molecule has 0 spiro atoms. The number of nitrogens with one attached hydrogen (secondary N) is 2. The summed E-state index contributed by atoms with van der Waals surface area (Å²) in [5.41, 5.74) is 1.84. The van der Waals surface area contributed by atoms with Crippen LogP contribution in [0.1, 0.15) is 15.2 Å². The van der Waals surface area contributed by atoms with E-state index in [9.17, 15) is 9.59 Å². The van der Waals surface area contributed by atoms with Gasteiger partial charge >= 0.3 is 0 Å². The standard InChI is InChI=1S/C17H16N4O2S/c22-16(11-19-17(23)15-7-4-8-24-15)18-9-13-10-20-21(12-13)14-5-2-1-3-6-14/h1-8,10,12H,9,11H2,(H,18,22)(H,19,23). The average Bonchev–Trinajstić information content (AvgIpc) is 3.30. The number of rotatable bonds is 6. The van der Waals surface area contributed by atoms with Gasteiger partial charge in [-0.2, -0.15) is 5.10 Å². The number of hydrogen-bond acceptors (Lipinski definition) is 4. The second-order valence-corrected chi connectivity index (χ2v) is 6.01. The highest BCUT2D eigenvalue weighted by atomic mass is 32.1. The Labute approximate surface area is 143 Å². The lowest BCUT2D eigenvalue weighted by atomic mass is 10.3. The maximum atomic E-state index is 11.8. The highest BCUT2D eigenvalue weighted by molar-refractivity contribution is 7.12. The minimum Gasteiger partial charge on any atom is -0.350 e. The van der Waals surface area contributed by atoms with E-state index in [0.29, 0.717) is 11.4 Å². The van der Waals surface area contributed by atoms with Gasteiger partial charge in [0, 0.05) is 18.3 Å². The number of hydrogen-bond donors (Lipinski definition) is 2. The molecule has 2 N–H and O–H groups in total. The van der Waals surface area contributed by atoms with Crippen LogP contribution in [0.5, 0.6) is 0 Å². The molecule has 0 aliphatic carbocycles. The Kier molecular flexibility index (Phi) is 5.02. The van der Waals surface area contributed by atoms with Crippen molar-refractivity contribution in [1.29, 1.82) is 0 Å². The van der Waals surface area contributed by atoms with Crippen LogP contribution in [0.4, 0.5) is 0 Å². The van der Waals surface area contributed by atoms with E-state index >= 15 is 0 Å². The number of thiophene rings is 1. The van der Waals surface area contributed by atoms with Crippen molar-refractivity contribution in [3.63, 3.8) is 0 Å². The quantitative estimate of drug-likeness (QED) is 0.720. The average molecular weight is 340 g/mol. The Hall–Kier alpha value is -2.93. The van der Waals surface area contributed by atoms with Gasteiger partial charge in [-0.3, -0.25) is 9.59 Å². The second-order valence-electron chi connectivity index (χ2n) is 5.07. The number of amides is 2. The van der Waals surface area contributed by atoms with Crippen molar-refractivity contribution in [2.45, 2.75) is 6.54 Å². The van der Waals surface area contributed by atoms with Gasteiger partial charge in [-0.15, -0.1) is 11.3 Å². The zero-order chi connectivity index (χ0) is 16.8. The van der Waals surface area contributed by atoms with E-state index in [-0.39, 0.29) is 18.4 Å². The van der Waals surface area contributed by atoms with Crippen LogP contribution in [-0.2, 0) is 11.3 Å². The number of nitrogens with zero attached hydrogens (tertiary/aromatic N) is 2. The third-order valence-corrected chi connectivity index (χ3v) is 4.17. The van der Waals surface area contributed by atoms with Crippen molar-refractivity contribution in [2.75, 3.05) is 6.54 Å². The highest BCUT2D eigenvalue weighted by Crippen LogP contribution is 2.08. The van der Waals surface area contributed by atoms with Crippen molar-refractivity contribution in [2.24, 2.45) is 0 Å². The summed E-state index contributed by atoms with van der Waals surface area (Å²) < 4.78 is 1.75. The number of carbonyl (C=O) groups is 2. The van der Waals surface area contributed by atoms with E-state index in [1.807, 2.05) is 41.9 Å². The minimum atomic E-state index is -0.243. The van der Waals surface area contributed by atoms with E-state index in [2.05, 4.69) is 15.7 Å². The molecule has 0 atom stereocenters. The van der Waals surface area contributed by atoms with Crippen LogP contribution in [0.3, 0.4) is 0 Å². The second kappa shape index (κ2) is 7.56. The first-order valence-electron chi connectivity index (χ1n) is 7.40. The number of para-hydroxylation sites is 1. The fraction of sp³-hybridized carbons (Fsp3) is 0.118. The summed E-state index contributed by atoms with van der Waals surface area (Å²) in [5.74, 6) is -0.482. The molecule has 0 unspecified atom stereocenters. The molecule has 6 nitrogen and oxygen atoms in total. The van der Waals surface area contributed by atoms with Crippen molar-refractivity contribution in [3.05, 3.63) is 70.7 Å². The summed E-state index contributed by atoms with van der Waals surface area (Å²) >= 11 is 1.34. The van der Waals surface area contributed by atoms with Crippen molar-refractivity contribution in [1.82, 2.24) is 20.4 Å². The van der Waals surface area contributed by atoms with Crippen molar-refractivity contribution >= 4 is 23.2 Å². The van der Waals surface area contributed by atoms with Crippen molar-refractivity contribution < 1.29 is 9.59 Å². The summed E-state index contributed by atoms with van der Waals surface area (Å²) in [7, 11) is 0. The minimum absolute atomic E-state index is 0.0520. The molecule has 0 bridgehead atoms. The topological polar surface area (TPSA) is 76.0 Å². The third kappa shape index (κ3) is 4.08. The Bertz CT molecular complexity index is 812. The molecular formula is C17H16N4O2S. The summed E-state index contributed by atoms with van der Waals surface area (Å²) in [6, 6.07) is 13.2. The summed E-state index contributed by atoms with van der Waals surface area (Å²) in [4.78, 5) is 24.2. The predicted octanol–water partition coefficient (Wildman–Crippen LogP) is 1.98. The first-order chi connectivity index (χ1) is 11.7. The SMILES string of the molecule is O=C(CNC(=O)c1cccs1)NCc1cnn(-c2ccccc2)c1. The predicted molar refractivity (Wildman–Crippen MR) is 92.1 cm³/mol. The Morgan fingerprint density at radius 1 is 1.08 bits per heavy atom. The van der Waals surface area contributed by atoms with Gasteiger partial charge in [-0.1, -0.05) is 24.3 Å². The van der Waals surface area contributed by atoms with Gasteiger partial charge in [0.2, 0.25) is 5.91 Å². The van der Waals surface area contributed by atoms with Crippen LogP contribution >= 0.6 is 11.3 Å². The lowest BCUT2D eigenvalue weighted by Crippen LogP contribution is -2.36. The molecule has 24 heavy (non-hydrogen) atoms. The third-order valence-electron chi connectivity index (χ3n) is 3.30. The fourth-order valence-electron chi connectivity index (χ4n) is 2.09. The molecule has 2 heterocycles. The lowest BCUT2D eigenvalue weighted by molar-refractivity contribution is -0.120. The summed E-state index contributed by atoms with van der Waals surface area (Å²) in [5, 5.41) is 11.4. The van der Waals surface area contributed by atoms with E-state index in [4.69, 9.17) is 0 Å². The van der Waals surface area contributed by atoms with Crippen LogP contribution < -0.4 is 10.6 Å². The van der Waals surface area contributed by atoms with E-state index in [1.165, 1.54) is 11.3 Å². The molecule has 0 fully saturated rings. The van der Waals surface area contributed by atoms with Gasteiger partial charge in [0.15, 0.2) is 0 Å². The summed E-state index contributed by atoms with van der Waals surface area (Å²) in [6.07, 6.45) is 3.57. The zero-order valence-corrected chi connectivity index (χ0v) is 13.6. The molecule has 0 aliphatic heterocycles. The molecule has 0 radical (unpaired) electrons. The van der Waals surface area contributed by atoms with Gasteiger partial charge in [-0.05, 0) is 23.6 Å². The normalized spacial score (nSPS) is 10.3. The highest BCUT2D eigenvalue weighted by Gasteiger charge is 2.09. The molecular weight excluding hydrogens is 324 g/mol. The van der Waals surface area contributed by atoms with Gasteiger partial charge in [0.25, 0.3) is 5.91 Å². The molecule has 7 heteroatoms. The molecule has 3 rings (SSSR count). The first-order valence-corrected chi connectivity index (χ1v) is 8.28. The van der Waals surface area contributed by atoms with E-state index < -0.39 is 0 Å². The smallest absolute Gasteiger partial charge is 0.261 e. The fourth-order valence-corrected chi connectivity index (χ4v) is 2.73. The molecule has 3 aromatic rings. The molecule has 0 saturated carbocycles. The zero-order valence-electron chi connectivity index (χ0n) is 12.8. The van der Waals surface area contributed by atoms with E-state index in [0.717, 1.165) is 11.3 Å². The maximum Gasteiger partial charge on any atom is 0.261 e. The molecule has 0 saturated heterocycles. The Morgan fingerprint density at radius 3 is 2.67 bits per heavy atom. The van der Waals surface area contributed by atoms with Crippen LogP contribution in [0.25, 0.3) is 5.69 Å². The first kappa shape index (κ1) is 15.9. The van der Waals surface area contributed by atoms with E-state index in [1.54, 1.807) is 23.0 Å². The van der Waals surface area contributed by atoms with Gasteiger partial charge in [0.05, 0.1) is 23.3 Å². The van der Waals surface area contributed by atoms with Gasteiger partial charge < -0.3 is 10.6 Å². The number of carbonyl (C=O) groups excluding carboxylic acids is 2. The number of aromatic nitrogens is 2. The Balaban J connectivity index is 1.46. The molecule has 1 aromatic carbocycles. The monoisotopic (exact) mass is 340 g/mol. The van der Waals surface area contributed by atoms with Crippen LogP contribution in [0.15, 0.2) is 60.2 Å². The maximum absolute atomic E-state index is 11.8. The van der Waals surface area contributed by atoms with Crippen molar-refractivity contribution in [3.8, 4) is 5.69 Å². The molecule has 2 amide bonds. The molecule has 2 aromatic heterocycles. The Morgan fingerprint density at radius 2 is 1.92 bits per heavy atom. The molecule has 0 aliphatic rings.